The lowest BCUT2D eigenvalue weighted by Crippen LogP contribution is -2.36. The first-order valence-electron chi connectivity index (χ1n) is 9.28. The third-order valence-corrected chi connectivity index (χ3v) is 5.16. The first-order chi connectivity index (χ1) is 13.2. The number of hydrogen-bond acceptors (Lipinski definition) is 5. The Labute approximate surface area is 162 Å². The molecule has 152 valence electrons. The van der Waals surface area contributed by atoms with Gasteiger partial charge in [0, 0.05) is 49.4 Å². The summed E-state index contributed by atoms with van der Waals surface area (Å²) >= 11 is 0. The second-order valence-electron chi connectivity index (χ2n) is 7.36. The smallest absolute Gasteiger partial charge is 0.262 e. The van der Waals surface area contributed by atoms with E-state index < -0.39 is 12.5 Å². The summed E-state index contributed by atoms with van der Waals surface area (Å²) in [6, 6.07) is 1.78. The van der Waals surface area contributed by atoms with Crippen molar-refractivity contribution in [2.75, 3.05) is 25.5 Å². The molecule has 1 fully saturated rings. The zero-order chi connectivity index (χ0) is 20.5. The standard InChI is InChI=1S/C19H27F2N7/c1-5-15-10-26(14(3)24-12-19(4,20)21)11-16(15)17-8-23-18-9-25-27(22)7-6-13(2)28(17)18/h6-9,15-16,24H,2-3,5,10-12,22H2,1,4H3. The third kappa shape index (κ3) is 4.18. The molecule has 3 N–H and O–H groups in total. The summed E-state index contributed by atoms with van der Waals surface area (Å²) in [5, 5.41) is 7.59. The van der Waals surface area contributed by atoms with Crippen LogP contribution in [0.5, 0.6) is 0 Å². The van der Waals surface area contributed by atoms with Crippen LogP contribution in [0.3, 0.4) is 0 Å². The number of alkyl halides is 2. The van der Waals surface area contributed by atoms with Crippen LogP contribution in [0, 0.1) is 5.92 Å². The molecule has 0 spiro atoms. The largest absolute Gasteiger partial charge is 0.366 e. The summed E-state index contributed by atoms with van der Waals surface area (Å²) in [5.41, 5.74) is 1.67. The monoisotopic (exact) mass is 391 g/mol. The van der Waals surface area contributed by atoms with Gasteiger partial charge in [0.1, 0.15) is 0 Å². The highest BCUT2D eigenvalue weighted by molar-refractivity contribution is 5.38. The first kappa shape index (κ1) is 19.9. The summed E-state index contributed by atoms with van der Waals surface area (Å²) in [6.07, 6.45) is 6.00. The summed E-state index contributed by atoms with van der Waals surface area (Å²) in [7, 11) is 0. The minimum atomic E-state index is -2.78. The number of aromatic nitrogens is 4. The number of nitrogens with one attached hydrogen (secondary N) is 1. The van der Waals surface area contributed by atoms with Gasteiger partial charge in [-0.15, -0.1) is 0 Å². The van der Waals surface area contributed by atoms with Crippen molar-refractivity contribution < 1.29 is 8.78 Å². The van der Waals surface area contributed by atoms with E-state index in [2.05, 4.69) is 35.5 Å². The number of nitrogens with zero attached hydrogens (tertiary/aromatic N) is 5. The average molecular weight is 391 g/mol. The number of halogens is 2. The Kier molecular flexibility index (Phi) is 5.44. The lowest BCUT2D eigenvalue weighted by Gasteiger charge is -2.24. The van der Waals surface area contributed by atoms with E-state index in [-0.39, 0.29) is 5.92 Å². The maximum Gasteiger partial charge on any atom is 0.262 e. The Morgan fingerprint density at radius 2 is 2.14 bits per heavy atom. The van der Waals surface area contributed by atoms with Gasteiger partial charge in [-0.05, 0) is 12.0 Å². The van der Waals surface area contributed by atoms with Gasteiger partial charge in [0.2, 0.25) is 0 Å². The molecule has 7 nitrogen and oxygen atoms in total. The van der Waals surface area contributed by atoms with Crippen LogP contribution in [0.1, 0.15) is 31.9 Å². The van der Waals surface area contributed by atoms with Crippen LogP contribution in [0.25, 0.3) is 12.2 Å². The fourth-order valence-corrected chi connectivity index (χ4v) is 3.65. The molecule has 0 aromatic carbocycles. The minimum Gasteiger partial charge on any atom is -0.366 e. The number of likely N-dealkylation sites (tertiary alicyclic amines) is 1. The van der Waals surface area contributed by atoms with Crippen molar-refractivity contribution in [1.29, 1.82) is 0 Å². The van der Waals surface area contributed by atoms with Gasteiger partial charge in [-0.25, -0.2) is 13.8 Å². The lowest BCUT2D eigenvalue weighted by atomic mass is 9.91. The quantitative estimate of drug-likeness (QED) is 0.732. The molecule has 1 aliphatic rings. The van der Waals surface area contributed by atoms with E-state index in [4.69, 9.17) is 5.84 Å². The molecule has 0 bridgehead atoms. The van der Waals surface area contributed by atoms with Crippen LogP contribution >= 0.6 is 0 Å². The van der Waals surface area contributed by atoms with Crippen molar-refractivity contribution in [3.05, 3.63) is 48.1 Å². The van der Waals surface area contributed by atoms with E-state index in [1.807, 2.05) is 15.5 Å². The van der Waals surface area contributed by atoms with Crippen LogP contribution in [-0.4, -0.2) is 49.7 Å². The number of fused-ring (bicyclic) bond motifs is 1. The molecule has 0 radical (unpaired) electrons. The molecule has 2 aromatic rings. The Morgan fingerprint density at radius 1 is 1.39 bits per heavy atom. The number of imidazole rings is 1. The van der Waals surface area contributed by atoms with Gasteiger partial charge in [-0.2, -0.15) is 9.89 Å². The minimum absolute atomic E-state index is 0.166. The van der Waals surface area contributed by atoms with Crippen LogP contribution in [-0.2, 0) is 0 Å². The fourth-order valence-electron chi connectivity index (χ4n) is 3.65. The number of nitrogens with two attached hydrogens (primary N) is 1. The molecule has 3 heterocycles. The van der Waals surface area contributed by atoms with Crippen molar-refractivity contribution in [1.82, 2.24) is 29.5 Å². The molecule has 28 heavy (non-hydrogen) atoms. The fraction of sp³-hybridized carbons (Fsp3) is 0.474. The highest BCUT2D eigenvalue weighted by atomic mass is 19.3. The van der Waals surface area contributed by atoms with Crippen LogP contribution in [0.2, 0.25) is 0 Å². The van der Waals surface area contributed by atoms with Crippen molar-refractivity contribution in [2.45, 2.75) is 32.1 Å². The highest BCUT2D eigenvalue weighted by Gasteiger charge is 2.35. The van der Waals surface area contributed by atoms with Gasteiger partial charge in [0.15, 0.2) is 5.65 Å². The first-order valence-corrected chi connectivity index (χ1v) is 9.28. The van der Waals surface area contributed by atoms with Gasteiger partial charge in [-0.1, -0.05) is 26.5 Å². The van der Waals surface area contributed by atoms with Gasteiger partial charge >= 0.3 is 0 Å². The van der Waals surface area contributed by atoms with Crippen molar-refractivity contribution >= 4 is 12.2 Å². The lowest BCUT2D eigenvalue weighted by molar-refractivity contribution is 0.0233. The van der Waals surface area contributed by atoms with Crippen molar-refractivity contribution in [2.24, 2.45) is 5.92 Å². The molecule has 0 aliphatic carbocycles. The number of rotatable bonds is 6. The molecule has 0 amide bonds. The van der Waals surface area contributed by atoms with Gasteiger partial charge in [0.25, 0.3) is 5.92 Å². The molecule has 3 rings (SSSR count). The van der Waals surface area contributed by atoms with Crippen LogP contribution < -0.4 is 16.5 Å². The Balaban J connectivity index is 1.91. The summed E-state index contributed by atoms with van der Waals surface area (Å²) in [5.74, 6) is 3.94. The molecule has 1 aliphatic heterocycles. The molecule has 1 saturated heterocycles. The predicted molar refractivity (Wildman–Crippen MR) is 105 cm³/mol. The predicted octanol–water partition coefficient (Wildman–Crippen LogP) is 1.64. The van der Waals surface area contributed by atoms with Crippen molar-refractivity contribution in [3.63, 3.8) is 0 Å². The van der Waals surface area contributed by atoms with Crippen molar-refractivity contribution in [3.8, 4) is 0 Å². The maximum atomic E-state index is 13.2. The maximum absolute atomic E-state index is 13.2. The topological polar surface area (TPSA) is 76.4 Å². The SMILES string of the molecule is C=C(NCC(C)(F)F)N1CC(CC)C(c2cnc3cnn(N)ccc(=C)n23)C1. The van der Waals surface area contributed by atoms with Crippen LogP contribution in [0.4, 0.5) is 8.78 Å². The average Bonchev–Trinajstić information content (AvgIpc) is 3.24. The molecule has 2 aromatic heterocycles. The zero-order valence-corrected chi connectivity index (χ0v) is 16.3. The number of nitrogen functional groups attached to an aromatic ring is 1. The van der Waals surface area contributed by atoms with E-state index in [0.717, 1.165) is 30.9 Å². The second kappa shape index (κ2) is 7.65. The van der Waals surface area contributed by atoms with Gasteiger partial charge < -0.3 is 16.1 Å². The molecule has 0 saturated carbocycles. The van der Waals surface area contributed by atoms with E-state index in [9.17, 15) is 8.78 Å². The van der Waals surface area contributed by atoms with E-state index in [0.29, 0.717) is 23.9 Å². The molecular formula is C19H27F2N7. The summed E-state index contributed by atoms with van der Waals surface area (Å²) < 4.78 is 28.3. The van der Waals surface area contributed by atoms with E-state index in [1.165, 1.54) is 4.79 Å². The van der Waals surface area contributed by atoms with E-state index >= 15 is 0 Å². The molecule has 9 heteroatoms. The Bertz CT molecular complexity index is 942. The summed E-state index contributed by atoms with van der Waals surface area (Å²) in [6.45, 7) is 12.1. The molecule has 2 unspecified atom stereocenters. The normalized spacial score (nSPS) is 19.8. The zero-order valence-electron chi connectivity index (χ0n) is 16.3. The van der Waals surface area contributed by atoms with E-state index in [1.54, 1.807) is 18.5 Å². The summed E-state index contributed by atoms with van der Waals surface area (Å²) in [4.78, 5) is 7.71. The Morgan fingerprint density at radius 3 is 2.82 bits per heavy atom. The van der Waals surface area contributed by atoms with Gasteiger partial charge in [-0.3, -0.25) is 4.40 Å². The number of hydrogen-bond donors (Lipinski definition) is 2. The van der Waals surface area contributed by atoms with Crippen LogP contribution in [0.15, 0.2) is 37.1 Å². The highest BCUT2D eigenvalue weighted by Crippen LogP contribution is 2.35. The second-order valence-corrected chi connectivity index (χ2v) is 7.36. The van der Waals surface area contributed by atoms with Gasteiger partial charge in [0.05, 0.1) is 18.6 Å². The Hall–Kier alpha value is -2.84. The third-order valence-electron chi connectivity index (χ3n) is 5.16. The molecule has 2 atom stereocenters. The molecular weight excluding hydrogens is 364 g/mol.